The normalized spacial score (nSPS) is 15.9. The molecule has 0 atom stereocenters. The number of aliphatic imine (C=N–C) groups is 1. The average Bonchev–Trinajstić information content (AvgIpc) is 2.00. The Labute approximate surface area is 87.8 Å². The Bertz CT molecular complexity index is 254. The fourth-order valence-electron chi connectivity index (χ4n) is 0.894. The number of hydrogen-bond donors (Lipinski definition) is 1. The van der Waals surface area contributed by atoms with Crippen molar-refractivity contribution < 1.29 is 5.11 Å². The quantitative estimate of drug-likeness (QED) is 0.528. The van der Waals surface area contributed by atoms with E-state index in [-0.39, 0.29) is 11.3 Å². The van der Waals surface area contributed by atoms with E-state index in [0.717, 1.165) is 11.4 Å². The second-order valence-electron chi connectivity index (χ2n) is 5.07. The summed E-state index contributed by atoms with van der Waals surface area (Å²) in [6.45, 7) is 14.1. The van der Waals surface area contributed by atoms with Crippen LogP contribution in [0.15, 0.2) is 16.4 Å². The molecule has 0 saturated heterocycles. The van der Waals surface area contributed by atoms with Crippen LogP contribution in [0.5, 0.6) is 0 Å². The van der Waals surface area contributed by atoms with E-state index in [9.17, 15) is 5.11 Å². The summed E-state index contributed by atoms with van der Waals surface area (Å²) in [5.74, 6) is 0.528. The summed E-state index contributed by atoms with van der Waals surface area (Å²) < 4.78 is 0. The topological polar surface area (TPSA) is 32.6 Å². The predicted octanol–water partition coefficient (Wildman–Crippen LogP) is 3.94. The first kappa shape index (κ1) is 13.2. The summed E-state index contributed by atoms with van der Waals surface area (Å²) in [5, 5.41) is 9.68. The van der Waals surface area contributed by atoms with E-state index in [4.69, 9.17) is 0 Å². The van der Waals surface area contributed by atoms with E-state index >= 15 is 0 Å². The molecule has 1 N–H and O–H groups in total. The van der Waals surface area contributed by atoms with Gasteiger partial charge in [0.1, 0.15) is 5.76 Å². The molecule has 0 spiro atoms. The van der Waals surface area contributed by atoms with E-state index in [2.05, 4.69) is 25.8 Å². The molecule has 0 aromatic rings. The van der Waals surface area contributed by atoms with Crippen molar-refractivity contribution in [1.29, 1.82) is 0 Å². The number of allylic oxidation sites excluding steroid dienone is 2. The zero-order valence-corrected chi connectivity index (χ0v) is 10.5. The molecule has 2 heteroatoms. The number of aliphatic hydroxyl groups is 1. The minimum atomic E-state index is 0.0680. The predicted molar refractivity (Wildman–Crippen MR) is 62.7 cm³/mol. The summed E-state index contributed by atoms with van der Waals surface area (Å²) in [7, 11) is 0. The molecule has 0 amide bonds. The van der Waals surface area contributed by atoms with Gasteiger partial charge < -0.3 is 5.11 Å². The van der Waals surface area contributed by atoms with Crippen molar-refractivity contribution in [2.75, 3.05) is 0 Å². The lowest BCUT2D eigenvalue weighted by molar-refractivity contribution is 0.344. The van der Waals surface area contributed by atoms with Crippen molar-refractivity contribution >= 4 is 5.71 Å². The van der Waals surface area contributed by atoms with Gasteiger partial charge in [-0.15, -0.1) is 0 Å². The summed E-state index contributed by atoms with van der Waals surface area (Å²) in [4.78, 5) is 4.42. The van der Waals surface area contributed by atoms with Gasteiger partial charge in [0.25, 0.3) is 0 Å². The molecule has 0 rings (SSSR count). The highest BCUT2D eigenvalue weighted by atomic mass is 16.3. The molecular weight excluding hydrogens is 174 g/mol. The van der Waals surface area contributed by atoms with E-state index in [0.29, 0.717) is 5.76 Å². The Hall–Kier alpha value is -0.790. The first-order valence-corrected chi connectivity index (χ1v) is 5.11. The molecule has 0 fully saturated rings. The Kier molecular flexibility index (Phi) is 4.37. The highest BCUT2D eigenvalue weighted by molar-refractivity contribution is 5.87. The third kappa shape index (κ3) is 3.95. The summed E-state index contributed by atoms with van der Waals surface area (Å²) in [6.07, 6.45) is 0. The lowest BCUT2D eigenvalue weighted by Crippen LogP contribution is -2.17. The fourth-order valence-corrected chi connectivity index (χ4v) is 0.894. The van der Waals surface area contributed by atoms with Crippen LogP contribution in [0.25, 0.3) is 0 Å². The monoisotopic (exact) mass is 197 g/mol. The molecule has 2 nitrogen and oxygen atoms in total. The fraction of sp³-hybridized carbons (Fsp3) is 0.750. The van der Waals surface area contributed by atoms with Crippen molar-refractivity contribution in [1.82, 2.24) is 0 Å². The van der Waals surface area contributed by atoms with Crippen molar-refractivity contribution in [3.63, 3.8) is 0 Å². The molecule has 0 aliphatic carbocycles. The van der Waals surface area contributed by atoms with Crippen LogP contribution in [0, 0.1) is 11.3 Å². The summed E-state index contributed by atoms with van der Waals surface area (Å²) in [5.41, 5.74) is 1.84. The second-order valence-corrected chi connectivity index (χ2v) is 5.07. The standard InChI is InChI=1S/C12H23NO/c1-8(2)11(14)9(3)13-10(4)12(5,6)7/h8,14H,1-7H3/b11-9-,13-10?. The van der Waals surface area contributed by atoms with Crippen LogP contribution in [-0.2, 0) is 0 Å². The van der Waals surface area contributed by atoms with Crippen LogP contribution in [-0.4, -0.2) is 10.8 Å². The van der Waals surface area contributed by atoms with Gasteiger partial charge in [0.05, 0.1) is 5.70 Å². The third-order valence-electron chi connectivity index (χ3n) is 2.34. The zero-order chi connectivity index (χ0) is 11.5. The van der Waals surface area contributed by atoms with Gasteiger partial charge in [-0.1, -0.05) is 34.6 Å². The maximum absolute atomic E-state index is 9.68. The van der Waals surface area contributed by atoms with Crippen LogP contribution in [0.4, 0.5) is 0 Å². The Morgan fingerprint density at radius 3 is 1.86 bits per heavy atom. The summed E-state index contributed by atoms with van der Waals surface area (Å²) in [6, 6.07) is 0. The van der Waals surface area contributed by atoms with E-state index in [1.807, 2.05) is 27.7 Å². The van der Waals surface area contributed by atoms with Gasteiger partial charge in [0.2, 0.25) is 0 Å². The van der Waals surface area contributed by atoms with Gasteiger partial charge in [-0.2, -0.15) is 0 Å². The highest BCUT2D eigenvalue weighted by Gasteiger charge is 2.15. The minimum Gasteiger partial charge on any atom is -0.510 e. The highest BCUT2D eigenvalue weighted by Crippen LogP contribution is 2.19. The SMILES string of the molecule is CC(=N/C(C)=C(\O)C(C)C)C(C)(C)C. The number of aliphatic hydroxyl groups excluding tert-OH is 1. The molecular formula is C12H23NO. The van der Waals surface area contributed by atoms with Gasteiger partial charge in [-0.3, -0.25) is 4.99 Å². The molecule has 0 radical (unpaired) electrons. The Balaban J connectivity index is 4.92. The molecule has 0 saturated carbocycles. The van der Waals surface area contributed by atoms with Crippen molar-refractivity contribution in [2.45, 2.75) is 48.5 Å². The van der Waals surface area contributed by atoms with Gasteiger partial charge in [0, 0.05) is 11.6 Å². The number of nitrogens with zero attached hydrogens (tertiary/aromatic N) is 1. The van der Waals surface area contributed by atoms with Gasteiger partial charge >= 0.3 is 0 Å². The van der Waals surface area contributed by atoms with E-state index in [1.165, 1.54) is 0 Å². The molecule has 0 aromatic heterocycles. The average molecular weight is 197 g/mol. The smallest absolute Gasteiger partial charge is 0.116 e. The van der Waals surface area contributed by atoms with Gasteiger partial charge in [-0.25, -0.2) is 0 Å². The largest absolute Gasteiger partial charge is 0.510 e. The van der Waals surface area contributed by atoms with Crippen LogP contribution < -0.4 is 0 Å². The Morgan fingerprint density at radius 1 is 1.14 bits per heavy atom. The van der Waals surface area contributed by atoms with Crippen molar-refractivity contribution in [2.24, 2.45) is 16.3 Å². The maximum atomic E-state index is 9.68. The zero-order valence-electron chi connectivity index (χ0n) is 10.5. The second kappa shape index (κ2) is 4.63. The molecule has 0 bridgehead atoms. The molecule has 0 unspecified atom stereocenters. The first-order chi connectivity index (χ1) is 6.16. The first-order valence-electron chi connectivity index (χ1n) is 5.11. The van der Waals surface area contributed by atoms with Gasteiger partial charge in [0.15, 0.2) is 0 Å². The van der Waals surface area contributed by atoms with Gasteiger partial charge in [-0.05, 0) is 19.3 Å². The van der Waals surface area contributed by atoms with Crippen molar-refractivity contribution in [3.8, 4) is 0 Å². The molecule has 82 valence electrons. The lowest BCUT2D eigenvalue weighted by Gasteiger charge is -2.18. The van der Waals surface area contributed by atoms with Crippen LogP contribution in [0.1, 0.15) is 48.5 Å². The van der Waals surface area contributed by atoms with Crippen LogP contribution in [0.3, 0.4) is 0 Å². The van der Waals surface area contributed by atoms with Crippen LogP contribution in [0.2, 0.25) is 0 Å². The number of rotatable bonds is 2. The Morgan fingerprint density at radius 2 is 1.57 bits per heavy atom. The molecule has 0 heterocycles. The lowest BCUT2D eigenvalue weighted by atomic mass is 9.91. The minimum absolute atomic E-state index is 0.0680. The molecule has 0 aromatic carbocycles. The summed E-state index contributed by atoms with van der Waals surface area (Å²) >= 11 is 0. The van der Waals surface area contributed by atoms with E-state index in [1.54, 1.807) is 0 Å². The maximum Gasteiger partial charge on any atom is 0.116 e. The molecule has 0 aliphatic heterocycles. The van der Waals surface area contributed by atoms with E-state index < -0.39 is 0 Å². The van der Waals surface area contributed by atoms with Crippen molar-refractivity contribution in [3.05, 3.63) is 11.5 Å². The third-order valence-corrected chi connectivity index (χ3v) is 2.34. The van der Waals surface area contributed by atoms with Crippen LogP contribution >= 0.6 is 0 Å². The molecule has 14 heavy (non-hydrogen) atoms. The number of hydrogen-bond acceptors (Lipinski definition) is 2. The molecule has 0 aliphatic rings.